The van der Waals surface area contributed by atoms with Crippen molar-refractivity contribution in [2.24, 2.45) is 46.3 Å². The first kappa shape index (κ1) is 47.8. The number of carbonyl (C=O) groups is 1. The lowest BCUT2D eigenvalue weighted by Gasteiger charge is -2.58. The fraction of sp³-hybridized carbons (Fsp3) is 0.902. The second-order valence-corrected chi connectivity index (χ2v) is 20.7. The van der Waals surface area contributed by atoms with E-state index < -0.39 is 30.7 Å². The zero-order chi connectivity index (χ0) is 41.9. The fourth-order valence-electron chi connectivity index (χ4n) is 13.0. The first-order valence-electron chi connectivity index (χ1n) is 24.7. The highest BCUT2D eigenvalue weighted by Crippen LogP contribution is 2.67. The monoisotopic (exact) mass is 813 g/mol. The second-order valence-electron chi connectivity index (χ2n) is 20.7. The third kappa shape index (κ3) is 11.8. The Morgan fingerprint density at radius 1 is 0.828 bits per heavy atom. The van der Waals surface area contributed by atoms with E-state index in [1.807, 2.05) is 0 Å². The van der Waals surface area contributed by atoms with Crippen LogP contribution in [0.25, 0.3) is 0 Å². The van der Waals surface area contributed by atoms with Crippen molar-refractivity contribution in [3.05, 3.63) is 23.3 Å². The van der Waals surface area contributed by atoms with Crippen LogP contribution in [0.15, 0.2) is 23.3 Å². The summed E-state index contributed by atoms with van der Waals surface area (Å²) < 4.78 is 18.0. The highest BCUT2D eigenvalue weighted by molar-refractivity contribution is 5.69. The molecule has 5 aliphatic rings. The molecule has 0 bridgehead atoms. The number of carbonyl (C=O) groups excluding carboxylic acids is 1. The highest BCUT2D eigenvalue weighted by atomic mass is 16.7. The third-order valence-electron chi connectivity index (χ3n) is 16.7. The zero-order valence-electron chi connectivity index (χ0n) is 38.2. The van der Waals surface area contributed by atoms with Crippen LogP contribution in [0.1, 0.15) is 203 Å². The first-order chi connectivity index (χ1) is 27.8. The summed E-state index contributed by atoms with van der Waals surface area (Å²) in [5.74, 6) is 4.14. The lowest BCUT2D eigenvalue weighted by atomic mass is 9.47. The lowest BCUT2D eigenvalue weighted by Crippen LogP contribution is -2.60. The first-order valence-corrected chi connectivity index (χ1v) is 24.7. The van der Waals surface area contributed by atoms with E-state index in [1.54, 1.807) is 5.57 Å². The van der Waals surface area contributed by atoms with Gasteiger partial charge in [0.2, 0.25) is 0 Å². The van der Waals surface area contributed by atoms with E-state index in [0.717, 1.165) is 68.6 Å². The largest absolute Gasteiger partial charge is 0.463 e. The molecule has 0 spiro atoms. The number of aliphatic hydroxyl groups is 3. The number of aliphatic hydroxyl groups excluding tert-OH is 3. The molecule has 7 nitrogen and oxygen atoms in total. The van der Waals surface area contributed by atoms with Crippen molar-refractivity contribution in [1.82, 2.24) is 0 Å². The molecule has 1 saturated heterocycles. The van der Waals surface area contributed by atoms with Crippen LogP contribution in [0.2, 0.25) is 0 Å². The predicted molar refractivity (Wildman–Crippen MR) is 235 cm³/mol. The van der Waals surface area contributed by atoms with Gasteiger partial charge in [-0.25, -0.2) is 0 Å². The SMILES string of the molecule is C/C=C(\CCC(C)C1CCC2C3CC=C4CC(OC5OC(COC(=O)CCCCCCCCCCCCCCC)C(O)C(O)C5O)CCC4(C)C3CCC12C)C(C)C. The van der Waals surface area contributed by atoms with Gasteiger partial charge in [0.15, 0.2) is 6.29 Å². The second kappa shape index (κ2) is 22.7. The van der Waals surface area contributed by atoms with Crippen LogP contribution in [-0.2, 0) is 19.0 Å². The molecule has 0 aromatic rings. The number of hydrogen-bond donors (Lipinski definition) is 3. The summed E-state index contributed by atoms with van der Waals surface area (Å²) in [5, 5.41) is 32.5. The van der Waals surface area contributed by atoms with Crippen LogP contribution in [0.5, 0.6) is 0 Å². The van der Waals surface area contributed by atoms with Crippen molar-refractivity contribution in [3.63, 3.8) is 0 Å². The predicted octanol–water partition coefficient (Wildman–Crippen LogP) is 11.8. The third-order valence-corrected chi connectivity index (χ3v) is 16.7. The number of allylic oxidation sites excluding steroid dienone is 3. The van der Waals surface area contributed by atoms with Gasteiger partial charge in [-0.15, -0.1) is 0 Å². The zero-order valence-corrected chi connectivity index (χ0v) is 38.2. The minimum Gasteiger partial charge on any atom is -0.463 e. The summed E-state index contributed by atoms with van der Waals surface area (Å²) in [7, 11) is 0. The van der Waals surface area contributed by atoms with E-state index in [4.69, 9.17) is 14.2 Å². The summed E-state index contributed by atoms with van der Waals surface area (Å²) in [6.45, 7) is 16.7. The summed E-state index contributed by atoms with van der Waals surface area (Å²) in [6.07, 6.45) is 26.9. The molecule has 7 heteroatoms. The van der Waals surface area contributed by atoms with Crippen molar-refractivity contribution in [1.29, 1.82) is 0 Å². The number of hydrogen-bond acceptors (Lipinski definition) is 7. The topological polar surface area (TPSA) is 105 Å². The molecule has 0 aromatic heterocycles. The van der Waals surface area contributed by atoms with Crippen molar-refractivity contribution in [3.8, 4) is 0 Å². The molecule has 3 N–H and O–H groups in total. The van der Waals surface area contributed by atoms with Crippen molar-refractivity contribution in [2.45, 2.75) is 239 Å². The van der Waals surface area contributed by atoms with Crippen molar-refractivity contribution < 1.29 is 34.3 Å². The van der Waals surface area contributed by atoms with E-state index >= 15 is 0 Å². The quantitative estimate of drug-likeness (QED) is 0.0536. The molecule has 1 aliphatic heterocycles. The molecule has 13 atom stereocenters. The summed E-state index contributed by atoms with van der Waals surface area (Å²) in [5.41, 5.74) is 3.71. The van der Waals surface area contributed by atoms with Crippen molar-refractivity contribution in [2.75, 3.05) is 6.61 Å². The molecule has 58 heavy (non-hydrogen) atoms. The Hall–Kier alpha value is -1.25. The van der Waals surface area contributed by atoms with Crippen LogP contribution < -0.4 is 0 Å². The molecule has 1 heterocycles. The Morgan fingerprint density at radius 3 is 2.12 bits per heavy atom. The molecule has 13 unspecified atom stereocenters. The Labute approximate surface area is 354 Å². The average Bonchev–Trinajstić information content (AvgIpc) is 3.56. The lowest BCUT2D eigenvalue weighted by molar-refractivity contribution is -0.313. The van der Waals surface area contributed by atoms with Gasteiger partial charge in [-0.2, -0.15) is 0 Å². The maximum Gasteiger partial charge on any atom is 0.305 e. The summed E-state index contributed by atoms with van der Waals surface area (Å²) >= 11 is 0. The number of unbranched alkanes of at least 4 members (excludes halogenated alkanes) is 12. The molecule has 5 rings (SSSR count). The van der Waals surface area contributed by atoms with Gasteiger partial charge in [0, 0.05) is 6.42 Å². The van der Waals surface area contributed by atoms with Crippen LogP contribution in [0.3, 0.4) is 0 Å². The summed E-state index contributed by atoms with van der Waals surface area (Å²) in [4.78, 5) is 12.6. The van der Waals surface area contributed by atoms with E-state index in [2.05, 4.69) is 60.6 Å². The fourth-order valence-corrected chi connectivity index (χ4v) is 13.0. The standard InChI is InChI=1S/C51H88O7/c1-8-10-11-12-13-14-15-16-17-18-19-20-21-22-45(52)56-34-44-46(53)47(54)48(55)49(58-44)57-39-29-31-50(6)38(33-39)25-26-40-42-28-27-41(51(42,7)32-30-43(40)50)36(5)23-24-37(9-2)35(3)4/h9,25,35-36,39-44,46-49,53-55H,8,10-24,26-34H2,1-7H3/b37-9+. The van der Waals surface area contributed by atoms with Crippen LogP contribution in [0, 0.1) is 46.3 Å². The van der Waals surface area contributed by atoms with Gasteiger partial charge >= 0.3 is 5.97 Å². The average molecular weight is 813 g/mol. The van der Waals surface area contributed by atoms with Gasteiger partial charge in [0.1, 0.15) is 31.0 Å². The Balaban J connectivity index is 1.04. The van der Waals surface area contributed by atoms with E-state index in [1.165, 1.54) is 108 Å². The van der Waals surface area contributed by atoms with Gasteiger partial charge in [-0.3, -0.25) is 4.79 Å². The molecular formula is C51H88O7. The molecule has 4 fully saturated rings. The van der Waals surface area contributed by atoms with Gasteiger partial charge < -0.3 is 29.5 Å². The Kier molecular flexibility index (Phi) is 18.7. The smallest absolute Gasteiger partial charge is 0.305 e. The van der Waals surface area contributed by atoms with Gasteiger partial charge in [-0.1, -0.05) is 142 Å². The summed E-state index contributed by atoms with van der Waals surface area (Å²) in [6, 6.07) is 0. The van der Waals surface area contributed by atoms with Gasteiger partial charge in [0.05, 0.1) is 6.10 Å². The minimum atomic E-state index is -1.44. The van der Waals surface area contributed by atoms with Gasteiger partial charge in [-0.05, 0) is 124 Å². The van der Waals surface area contributed by atoms with E-state index in [9.17, 15) is 20.1 Å². The minimum absolute atomic E-state index is 0.143. The maximum absolute atomic E-state index is 12.6. The maximum atomic E-state index is 12.6. The van der Waals surface area contributed by atoms with E-state index in [-0.39, 0.29) is 24.1 Å². The molecule has 334 valence electrons. The number of esters is 1. The van der Waals surface area contributed by atoms with Gasteiger partial charge in [0.25, 0.3) is 0 Å². The van der Waals surface area contributed by atoms with Crippen LogP contribution >= 0.6 is 0 Å². The highest BCUT2D eigenvalue weighted by Gasteiger charge is 2.59. The molecule has 4 aliphatic carbocycles. The number of fused-ring (bicyclic) bond motifs is 5. The number of rotatable bonds is 23. The molecule has 0 radical (unpaired) electrons. The number of ether oxygens (including phenoxy) is 3. The van der Waals surface area contributed by atoms with Crippen molar-refractivity contribution >= 4 is 5.97 Å². The molecular weight excluding hydrogens is 725 g/mol. The molecule has 0 aromatic carbocycles. The molecule has 0 amide bonds. The van der Waals surface area contributed by atoms with Crippen LogP contribution in [-0.4, -0.2) is 64.7 Å². The Morgan fingerprint density at radius 2 is 1.48 bits per heavy atom. The van der Waals surface area contributed by atoms with Crippen LogP contribution in [0.4, 0.5) is 0 Å². The Bertz CT molecular complexity index is 1310. The molecule has 3 saturated carbocycles. The van der Waals surface area contributed by atoms with E-state index in [0.29, 0.717) is 23.7 Å². The normalized spacial score (nSPS) is 36.9.